The molecule has 3 heterocycles. The van der Waals surface area contributed by atoms with Crippen molar-refractivity contribution in [3.05, 3.63) is 66.4 Å². The van der Waals surface area contributed by atoms with E-state index in [9.17, 15) is 0 Å². The summed E-state index contributed by atoms with van der Waals surface area (Å²) < 4.78 is 8.26. The Morgan fingerprint density at radius 3 is 2.86 bits per heavy atom. The molecule has 0 bridgehead atoms. The zero-order valence-electron chi connectivity index (χ0n) is 12.6. The molecule has 0 saturated carbocycles. The van der Waals surface area contributed by atoms with Crippen molar-refractivity contribution in [2.45, 2.75) is 26.1 Å². The third-order valence-electron chi connectivity index (χ3n) is 4.42. The maximum atomic E-state index is 5.93. The van der Waals surface area contributed by atoms with Gasteiger partial charge in [0, 0.05) is 36.6 Å². The summed E-state index contributed by atoms with van der Waals surface area (Å²) in [5, 5.41) is 0. The molecule has 112 valence electrons. The highest BCUT2D eigenvalue weighted by Crippen LogP contribution is 2.27. The summed E-state index contributed by atoms with van der Waals surface area (Å²) in [6.45, 7) is 5.04. The minimum absolute atomic E-state index is 0.385. The van der Waals surface area contributed by atoms with E-state index in [2.05, 4.69) is 39.7 Å². The maximum Gasteiger partial charge on any atom is 0.209 e. The fraction of sp³-hybridized carbons (Fsp3) is 0.278. The molecule has 22 heavy (non-hydrogen) atoms. The van der Waals surface area contributed by atoms with Crippen LogP contribution in [0.2, 0.25) is 0 Å². The Hall–Kier alpha value is -2.33. The van der Waals surface area contributed by atoms with Crippen LogP contribution in [0.4, 0.5) is 0 Å². The molecular formula is C18H19N3O. The number of benzene rings is 1. The average Bonchev–Trinajstić information content (AvgIpc) is 3.20. The summed E-state index contributed by atoms with van der Waals surface area (Å²) in [6, 6.07) is 14.8. The Bertz CT molecular complexity index is 760. The molecule has 4 nitrogen and oxygen atoms in total. The fourth-order valence-electron chi connectivity index (χ4n) is 3.14. The third kappa shape index (κ3) is 2.35. The number of oxazole rings is 1. The van der Waals surface area contributed by atoms with Crippen LogP contribution in [0.5, 0.6) is 0 Å². The summed E-state index contributed by atoms with van der Waals surface area (Å²) >= 11 is 0. The molecule has 1 aliphatic heterocycles. The molecule has 0 fully saturated rings. The molecule has 3 aromatic rings. The molecule has 0 amide bonds. The highest BCUT2D eigenvalue weighted by Gasteiger charge is 2.24. The van der Waals surface area contributed by atoms with Crippen molar-refractivity contribution in [3.63, 3.8) is 0 Å². The van der Waals surface area contributed by atoms with E-state index in [1.165, 1.54) is 5.69 Å². The van der Waals surface area contributed by atoms with Crippen LogP contribution in [-0.2, 0) is 13.1 Å². The van der Waals surface area contributed by atoms with Crippen LogP contribution in [0, 0.1) is 0 Å². The summed E-state index contributed by atoms with van der Waals surface area (Å²) in [4.78, 5) is 6.86. The Balaban J connectivity index is 1.52. The minimum atomic E-state index is 0.385. The lowest BCUT2D eigenvalue weighted by atomic mass is 10.1. The fourth-order valence-corrected chi connectivity index (χ4v) is 3.14. The molecule has 0 saturated heterocycles. The zero-order valence-corrected chi connectivity index (χ0v) is 12.6. The molecule has 1 atom stereocenters. The summed E-state index contributed by atoms with van der Waals surface area (Å²) in [7, 11) is 0. The average molecular weight is 293 g/mol. The van der Waals surface area contributed by atoms with E-state index in [-0.39, 0.29) is 0 Å². The van der Waals surface area contributed by atoms with Crippen LogP contribution in [-0.4, -0.2) is 21.0 Å². The van der Waals surface area contributed by atoms with Crippen molar-refractivity contribution in [2.75, 3.05) is 6.54 Å². The molecule has 0 N–H and O–H groups in total. The monoisotopic (exact) mass is 293 g/mol. The lowest BCUT2D eigenvalue weighted by Crippen LogP contribution is -2.35. The molecular weight excluding hydrogens is 274 g/mol. The van der Waals surface area contributed by atoms with Crippen molar-refractivity contribution in [2.24, 2.45) is 0 Å². The van der Waals surface area contributed by atoms with Gasteiger partial charge in [-0.05, 0) is 19.1 Å². The van der Waals surface area contributed by atoms with Crippen LogP contribution in [0.3, 0.4) is 0 Å². The SMILES string of the molecule is CC1c2cccn2CCN1Cc1ncc(-c2ccccc2)o1. The number of fused-ring (bicyclic) bond motifs is 1. The molecule has 0 aliphatic carbocycles. The van der Waals surface area contributed by atoms with Gasteiger partial charge >= 0.3 is 0 Å². The van der Waals surface area contributed by atoms with Crippen LogP contribution >= 0.6 is 0 Å². The summed E-state index contributed by atoms with van der Waals surface area (Å²) in [5.41, 5.74) is 2.43. The lowest BCUT2D eigenvalue weighted by molar-refractivity contribution is 0.147. The first-order valence-electron chi connectivity index (χ1n) is 7.70. The van der Waals surface area contributed by atoms with Gasteiger partial charge in [0.2, 0.25) is 5.89 Å². The molecule has 4 rings (SSSR count). The number of nitrogens with zero attached hydrogens (tertiary/aromatic N) is 3. The molecule has 1 aliphatic rings. The van der Waals surface area contributed by atoms with Gasteiger partial charge in [-0.1, -0.05) is 30.3 Å². The van der Waals surface area contributed by atoms with Crippen molar-refractivity contribution in [1.29, 1.82) is 0 Å². The Labute approximate surface area is 130 Å². The van der Waals surface area contributed by atoms with Crippen molar-refractivity contribution >= 4 is 0 Å². The second-order valence-electron chi connectivity index (χ2n) is 5.76. The Kier molecular flexibility index (Phi) is 3.31. The topological polar surface area (TPSA) is 34.2 Å². The van der Waals surface area contributed by atoms with Gasteiger partial charge in [-0.25, -0.2) is 4.98 Å². The van der Waals surface area contributed by atoms with Crippen molar-refractivity contribution < 1.29 is 4.42 Å². The summed E-state index contributed by atoms with van der Waals surface area (Å²) in [5.74, 6) is 1.62. The largest absolute Gasteiger partial charge is 0.439 e. The van der Waals surface area contributed by atoms with Crippen molar-refractivity contribution in [3.8, 4) is 11.3 Å². The molecule has 1 aromatic carbocycles. The van der Waals surface area contributed by atoms with Gasteiger partial charge in [-0.15, -0.1) is 0 Å². The number of hydrogen-bond acceptors (Lipinski definition) is 3. The first-order chi connectivity index (χ1) is 10.8. The number of rotatable bonds is 3. The zero-order chi connectivity index (χ0) is 14.9. The van der Waals surface area contributed by atoms with E-state index < -0.39 is 0 Å². The number of aromatic nitrogens is 2. The van der Waals surface area contributed by atoms with Crippen LogP contribution < -0.4 is 0 Å². The van der Waals surface area contributed by atoms with Gasteiger partial charge in [0.15, 0.2) is 5.76 Å². The highest BCUT2D eigenvalue weighted by atomic mass is 16.4. The van der Waals surface area contributed by atoms with E-state index in [1.807, 2.05) is 36.5 Å². The summed E-state index contributed by atoms with van der Waals surface area (Å²) in [6.07, 6.45) is 3.98. The third-order valence-corrected chi connectivity index (χ3v) is 4.42. The maximum absolute atomic E-state index is 5.93. The predicted octanol–water partition coefficient (Wildman–Crippen LogP) is 3.72. The van der Waals surface area contributed by atoms with Gasteiger partial charge < -0.3 is 8.98 Å². The Morgan fingerprint density at radius 2 is 2.00 bits per heavy atom. The smallest absolute Gasteiger partial charge is 0.209 e. The molecule has 1 unspecified atom stereocenters. The molecule has 0 spiro atoms. The minimum Gasteiger partial charge on any atom is -0.439 e. The van der Waals surface area contributed by atoms with E-state index in [0.29, 0.717) is 6.04 Å². The normalized spacial score (nSPS) is 18.3. The second kappa shape index (κ2) is 5.46. The van der Waals surface area contributed by atoms with E-state index in [0.717, 1.165) is 36.8 Å². The first kappa shape index (κ1) is 13.3. The van der Waals surface area contributed by atoms with Gasteiger partial charge in [0.05, 0.1) is 12.7 Å². The van der Waals surface area contributed by atoms with Crippen LogP contribution in [0.15, 0.2) is 59.3 Å². The number of hydrogen-bond donors (Lipinski definition) is 0. The van der Waals surface area contributed by atoms with Gasteiger partial charge in [-0.3, -0.25) is 4.90 Å². The van der Waals surface area contributed by atoms with Crippen LogP contribution in [0.25, 0.3) is 11.3 Å². The first-order valence-corrected chi connectivity index (χ1v) is 7.70. The second-order valence-corrected chi connectivity index (χ2v) is 5.76. The van der Waals surface area contributed by atoms with E-state index in [1.54, 1.807) is 0 Å². The quantitative estimate of drug-likeness (QED) is 0.738. The van der Waals surface area contributed by atoms with Gasteiger partial charge in [-0.2, -0.15) is 0 Å². The molecule has 4 heteroatoms. The lowest BCUT2D eigenvalue weighted by Gasteiger charge is -2.33. The van der Waals surface area contributed by atoms with Crippen molar-refractivity contribution in [1.82, 2.24) is 14.5 Å². The van der Waals surface area contributed by atoms with E-state index >= 15 is 0 Å². The van der Waals surface area contributed by atoms with Gasteiger partial charge in [0.1, 0.15) is 0 Å². The predicted molar refractivity (Wildman–Crippen MR) is 85.2 cm³/mol. The molecule has 0 radical (unpaired) electrons. The molecule has 2 aromatic heterocycles. The van der Waals surface area contributed by atoms with Crippen LogP contribution in [0.1, 0.15) is 24.6 Å². The van der Waals surface area contributed by atoms with Gasteiger partial charge in [0.25, 0.3) is 0 Å². The Morgan fingerprint density at radius 1 is 1.14 bits per heavy atom. The van der Waals surface area contributed by atoms with E-state index in [4.69, 9.17) is 4.42 Å². The highest BCUT2D eigenvalue weighted by molar-refractivity contribution is 5.55. The standard InChI is InChI=1S/C18H19N3O/c1-14-16-8-5-9-20(16)10-11-21(14)13-18-19-12-17(22-18)15-6-3-2-4-7-15/h2-9,12,14H,10-11,13H2,1H3.